The van der Waals surface area contributed by atoms with Crippen LogP contribution < -0.4 is 10.1 Å². The standard InChI is InChI=1S/C11H12ClN3OS/c1-7-5-10(16-2)15-11(14-7)13-6-8-3-4-9(12)17-8/h3-5H,6H2,1-2H3,(H,13,14,15). The molecule has 0 radical (unpaired) electrons. The molecule has 0 amide bonds. The predicted octanol–water partition coefficient (Wildman–Crippen LogP) is 3.12. The number of hydrogen-bond donors (Lipinski definition) is 1. The molecule has 6 heteroatoms. The Morgan fingerprint density at radius 3 is 2.88 bits per heavy atom. The van der Waals surface area contributed by atoms with Gasteiger partial charge in [-0.2, -0.15) is 4.98 Å². The lowest BCUT2D eigenvalue weighted by Crippen LogP contribution is -2.04. The number of nitrogens with one attached hydrogen (secondary N) is 1. The van der Waals surface area contributed by atoms with Gasteiger partial charge >= 0.3 is 0 Å². The van der Waals surface area contributed by atoms with Crippen LogP contribution >= 0.6 is 22.9 Å². The Kier molecular flexibility index (Phi) is 3.81. The number of anilines is 1. The molecule has 2 rings (SSSR count). The first-order valence-electron chi connectivity index (χ1n) is 5.05. The van der Waals surface area contributed by atoms with Crippen LogP contribution in [0.15, 0.2) is 18.2 Å². The van der Waals surface area contributed by atoms with Gasteiger partial charge in [-0.05, 0) is 19.1 Å². The minimum atomic E-state index is 0.559. The molecular formula is C11H12ClN3OS. The van der Waals surface area contributed by atoms with E-state index >= 15 is 0 Å². The number of rotatable bonds is 4. The molecule has 0 unspecified atom stereocenters. The van der Waals surface area contributed by atoms with Crippen LogP contribution in [0.1, 0.15) is 10.6 Å². The molecule has 0 spiro atoms. The largest absolute Gasteiger partial charge is 0.481 e. The summed E-state index contributed by atoms with van der Waals surface area (Å²) in [5, 5.41) is 3.14. The smallest absolute Gasteiger partial charge is 0.226 e. The quantitative estimate of drug-likeness (QED) is 0.926. The minimum Gasteiger partial charge on any atom is -0.481 e. The molecule has 2 heterocycles. The van der Waals surface area contributed by atoms with Crippen molar-refractivity contribution in [3.8, 4) is 5.88 Å². The van der Waals surface area contributed by atoms with Crippen molar-refractivity contribution in [1.29, 1.82) is 0 Å². The van der Waals surface area contributed by atoms with Crippen molar-refractivity contribution in [1.82, 2.24) is 9.97 Å². The van der Waals surface area contributed by atoms with Gasteiger partial charge in [-0.25, -0.2) is 4.98 Å². The highest BCUT2D eigenvalue weighted by Gasteiger charge is 2.03. The molecule has 0 aliphatic carbocycles. The monoisotopic (exact) mass is 269 g/mol. The average Bonchev–Trinajstić information content (AvgIpc) is 2.72. The van der Waals surface area contributed by atoms with E-state index in [-0.39, 0.29) is 0 Å². The summed E-state index contributed by atoms with van der Waals surface area (Å²) in [6.07, 6.45) is 0. The number of halogens is 1. The van der Waals surface area contributed by atoms with Crippen molar-refractivity contribution < 1.29 is 4.74 Å². The molecule has 0 fully saturated rings. The Bertz CT molecular complexity index is 515. The van der Waals surface area contributed by atoms with Gasteiger partial charge in [-0.3, -0.25) is 0 Å². The zero-order valence-electron chi connectivity index (χ0n) is 9.53. The Hall–Kier alpha value is -1.33. The number of aromatic nitrogens is 2. The van der Waals surface area contributed by atoms with E-state index in [0.29, 0.717) is 18.4 Å². The van der Waals surface area contributed by atoms with E-state index in [4.69, 9.17) is 16.3 Å². The number of thiophene rings is 1. The lowest BCUT2D eigenvalue weighted by Gasteiger charge is -2.06. The molecule has 1 N–H and O–H groups in total. The molecule has 0 aromatic carbocycles. The Balaban J connectivity index is 2.05. The molecule has 0 bridgehead atoms. The summed E-state index contributed by atoms with van der Waals surface area (Å²) in [6.45, 7) is 2.56. The summed E-state index contributed by atoms with van der Waals surface area (Å²) in [7, 11) is 1.59. The van der Waals surface area contributed by atoms with Gasteiger partial charge in [0, 0.05) is 16.6 Å². The minimum absolute atomic E-state index is 0.559. The molecule has 4 nitrogen and oxygen atoms in total. The van der Waals surface area contributed by atoms with Crippen LogP contribution in [0.2, 0.25) is 4.34 Å². The van der Waals surface area contributed by atoms with Crippen LogP contribution in [0.3, 0.4) is 0 Å². The first kappa shape index (κ1) is 12.1. The molecule has 17 heavy (non-hydrogen) atoms. The molecule has 2 aromatic rings. The maximum absolute atomic E-state index is 5.85. The number of methoxy groups -OCH3 is 1. The fraction of sp³-hybridized carbons (Fsp3) is 0.273. The molecular weight excluding hydrogens is 258 g/mol. The van der Waals surface area contributed by atoms with Crippen molar-refractivity contribution in [2.24, 2.45) is 0 Å². The molecule has 0 saturated heterocycles. The third-order valence-corrected chi connectivity index (χ3v) is 3.32. The van der Waals surface area contributed by atoms with E-state index in [0.717, 1.165) is 14.9 Å². The van der Waals surface area contributed by atoms with E-state index in [2.05, 4.69) is 15.3 Å². The second kappa shape index (κ2) is 5.33. The Morgan fingerprint density at radius 2 is 2.24 bits per heavy atom. The zero-order chi connectivity index (χ0) is 12.3. The maximum atomic E-state index is 5.85. The first-order valence-corrected chi connectivity index (χ1v) is 6.24. The molecule has 0 saturated carbocycles. The summed E-state index contributed by atoms with van der Waals surface area (Å²) < 4.78 is 5.86. The normalized spacial score (nSPS) is 10.3. The second-order valence-corrected chi connectivity index (χ2v) is 5.23. The summed E-state index contributed by atoms with van der Waals surface area (Å²) in [6, 6.07) is 5.64. The van der Waals surface area contributed by atoms with Crippen LogP contribution in [0.5, 0.6) is 5.88 Å². The highest BCUT2D eigenvalue weighted by Crippen LogP contribution is 2.22. The number of ether oxygens (including phenoxy) is 1. The van der Waals surface area contributed by atoms with Crippen LogP contribution in [-0.2, 0) is 6.54 Å². The number of nitrogens with zero attached hydrogens (tertiary/aromatic N) is 2. The van der Waals surface area contributed by atoms with Gasteiger partial charge in [0.05, 0.1) is 18.0 Å². The third-order valence-electron chi connectivity index (χ3n) is 2.09. The first-order chi connectivity index (χ1) is 8.17. The van der Waals surface area contributed by atoms with Crippen LogP contribution in [0, 0.1) is 6.92 Å². The van der Waals surface area contributed by atoms with Gasteiger partial charge in [-0.15, -0.1) is 11.3 Å². The van der Waals surface area contributed by atoms with E-state index in [1.54, 1.807) is 13.2 Å². The predicted molar refractivity (Wildman–Crippen MR) is 70.0 cm³/mol. The Morgan fingerprint density at radius 1 is 1.41 bits per heavy atom. The van der Waals surface area contributed by atoms with E-state index in [1.807, 2.05) is 19.1 Å². The molecule has 0 aliphatic heterocycles. The topological polar surface area (TPSA) is 47.0 Å². The second-order valence-electron chi connectivity index (χ2n) is 3.43. The van der Waals surface area contributed by atoms with Crippen molar-refractivity contribution in [2.75, 3.05) is 12.4 Å². The summed E-state index contributed by atoms with van der Waals surface area (Å²) >= 11 is 7.39. The molecule has 2 aromatic heterocycles. The lowest BCUT2D eigenvalue weighted by molar-refractivity contribution is 0.397. The molecule has 0 aliphatic rings. The SMILES string of the molecule is COc1cc(C)nc(NCc2ccc(Cl)s2)n1. The van der Waals surface area contributed by atoms with Crippen molar-refractivity contribution >= 4 is 28.9 Å². The van der Waals surface area contributed by atoms with E-state index in [1.165, 1.54) is 11.3 Å². The highest BCUT2D eigenvalue weighted by atomic mass is 35.5. The summed E-state index contributed by atoms with van der Waals surface area (Å²) in [4.78, 5) is 9.61. The lowest BCUT2D eigenvalue weighted by atomic mass is 10.4. The van der Waals surface area contributed by atoms with Crippen LogP contribution in [0.25, 0.3) is 0 Å². The average molecular weight is 270 g/mol. The van der Waals surface area contributed by atoms with Gasteiger partial charge in [0.25, 0.3) is 0 Å². The third kappa shape index (κ3) is 3.31. The van der Waals surface area contributed by atoms with E-state index < -0.39 is 0 Å². The fourth-order valence-corrected chi connectivity index (χ4v) is 2.36. The Labute approximate surface area is 109 Å². The summed E-state index contributed by atoms with van der Waals surface area (Å²) in [5.41, 5.74) is 0.864. The zero-order valence-corrected chi connectivity index (χ0v) is 11.1. The van der Waals surface area contributed by atoms with Gasteiger partial charge in [0.1, 0.15) is 0 Å². The molecule has 0 atom stereocenters. The van der Waals surface area contributed by atoms with Crippen LogP contribution in [0.4, 0.5) is 5.95 Å². The van der Waals surface area contributed by atoms with Crippen molar-refractivity contribution in [3.63, 3.8) is 0 Å². The van der Waals surface area contributed by atoms with Gasteiger partial charge in [0.2, 0.25) is 11.8 Å². The van der Waals surface area contributed by atoms with Gasteiger partial charge in [0.15, 0.2) is 0 Å². The summed E-state index contributed by atoms with van der Waals surface area (Å²) in [5.74, 6) is 1.12. The van der Waals surface area contributed by atoms with Gasteiger partial charge in [-0.1, -0.05) is 11.6 Å². The molecule has 90 valence electrons. The van der Waals surface area contributed by atoms with E-state index in [9.17, 15) is 0 Å². The number of hydrogen-bond acceptors (Lipinski definition) is 5. The highest BCUT2D eigenvalue weighted by molar-refractivity contribution is 7.16. The maximum Gasteiger partial charge on any atom is 0.226 e. The van der Waals surface area contributed by atoms with Gasteiger partial charge < -0.3 is 10.1 Å². The van der Waals surface area contributed by atoms with Crippen LogP contribution in [-0.4, -0.2) is 17.1 Å². The fourth-order valence-electron chi connectivity index (χ4n) is 1.34. The number of aryl methyl sites for hydroxylation is 1. The van der Waals surface area contributed by atoms with Crippen molar-refractivity contribution in [3.05, 3.63) is 33.1 Å². The van der Waals surface area contributed by atoms with Crippen molar-refractivity contribution in [2.45, 2.75) is 13.5 Å².